The summed E-state index contributed by atoms with van der Waals surface area (Å²) >= 11 is 0. The molecule has 0 spiro atoms. The second-order valence-electron chi connectivity index (χ2n) is 4.73. The highest BCUT2D eigenvalue weighted by atomic mass is 16.6. The maximum atomic E-state index is 11.5. The first-order valence-corrected chi connectivity index (χ1v) is 5.87. The predicted octanol–water partition coefficient (Wildman–Crippen LogP) is 2.49. The van der Waals surface area contributed by atoms with Gasteiger partial charge in [-0.05, 0) is 40.5 Å². The molecule has 2 atom stereocenters. The molecule has 3 heteroatoms. The predicted molar refractivity (Wildman–Crippen MR) is 62.8 cm³/mol. The van der Waals surface area contributed by atoms with Crippen LogP contribution in [-0.2, 0) is 9.53 Å². The zero-order chi connectivity index (χ0) is 12.1. The van der Waals surface area contributed by atoms with Crippen LogP contribution in [0.25, 0.3) is 0 Å². The van der Waals surface area contributed by atoms with Crippen LogP contribution >= 0.6 is 0 Å². The topological polar surface area (TPSA) is 38.3 Å². The van der Waals surface area contributed by atoms with Gasteiger partial charge in [0.2, 0.25) is 0 Å². The lowest BCUT2D eigenvalue weighted by atomic mass is 10.1. The molecule has 15 heavy (non-hydrogen) atoms. The van der Waals surface area contributed by atoms with Crippen molar-refractivity contribution in [2.75, 3.05) is 0 Å². The zero-order valence-corrected chi connectivity index (χ0v) is 10.9. The van der Waals surface area contributed by atoms with Crippen LogP contribution in [0.15, 0.2) is 0 Å². The molecule has 1 N–H and O–H groups in total. The van der Waals surface area contributed by atoms with E-state index in [0.29, 0.717) is 6.04 Å². The number of hydrogen-bond donors (Lipinski definition) is 1. The molecular weight excluding hydrogens is 190 g/mol. The van der Waals surface area contributed by atoms with Gasteiger partial charge in [0.05, 0.1) is 0 Å². The minimum Gasteiger partial charge on any atom is -0.459 e. The molecule has 1 aliphatic heterocycles. The van der Waals surface area contributed by atoms with E-state index < -0.39 is 0 Å². The van der Waals surface area contributed by atoms with Crippen LogP contribution in [-0.4, -0.2) is 23.7 Å². The molecule has 0 amide bonds. The van der Waals surface area contributed by atoms with Crippen molar-refractivity contribution in [3.8, 4) is 0 Å². The van der Waals surface area contributed by atoms with Crippen LogP contribution in [0.4, 0.5) is 0 Å². The molecule has 1 fully saturated rings. The van der Waals surface area contributed by atoms with Crippen LogP contribution < -0.4 is 5.32 Å². The van der Waals surface area contributed by atoms with Crippen molar-refractivity contribution in [3.05, 3.63) is 0 Å². The second-order valence-corrected chi connectivity index (χ2v) is 4.73. The highest BCUT2D eigenvalue weighted by Crippen LogP contribution is 2.16. The van der Waals surface area contributed by atoms with Crippen molar-refractivity contribution >= 4 is 5.97 Å². The van der Waals surface area contributed by atoms with Gasteiger partial charge < -0.3 is 10.1 Å². The monoisotopic (exact) mass is 215 g/mol. The quantitative estimate of drug-likeness (QED) is 0.683. The second kappa shape index (κ2) is 6.11. The van der Waals surface area contributed by atoms with Gasteiger partial charge in [-0.1, -0.05) is 13.8 Å². The van der Waals surface area contributed by atoms with E-state index in [1.54, 1.807) is 0 Å². The third-order valence-corrected chi connectivity index (χ3v) is 2.07. The molecule has 2 unspecified atom stereocenters. The number of carbonyl (C=O) groups excluding carboxylic acids is 1. The maximum Gasteiger partial charge on any atom is 0.323 e. The summed E-state index contributed by atoms with van der Waals surface area (Å²) in [5.41, 5.74) is -0.370. The van der Waals surface area contributed by atoms with Crippen molar-refractivity contribution < 1.29 is 9.53 Å². The fourth-order valence-electron chi connectivity index (χ4n) is 1.49. The molecule has 0 aromatic heterocycles. The molecule has 0 radical (unpaired) electrons. The number of esters is 1. The molecule has 3 nitrogen and oxygen atoms in total. The Balaban J connectivity index is 0.000000921. The lowest BCUT2D eigenvalue weighted by Gasteiger charge is -2.22. The average Bonchev–Trinajstić information content (AvgIpc) is 2.52. The summed E-state index contributed by atoms with van der Waals surface area (Å²) in [4.78, 5) is 11.5. The van der Waals surface area contributed by atoms with Crippen LogP contribution in [0.2, 0.25) is 0 Å². The summed E-state index contributed by atoms with van der Waals surface area (Å²) < 4.78 is 5.27. The first-order valence-electron chi connectivity index (χ1n) is 5.87. The minimum atomic E-state index is -0.370. The van der Waals surface area contributed by atoms with Crippen molar-refractivity contribution in [1.29, 1.82) is 0 Å². The molecule has 0 bridgehead atoms. The Bertz CT molecular complexity index is 196. The molecule has 1 saturated heterocycles. The maximum absolute atomic E-state index is 11.5. The van der Waals surface area contributed by atoms with Gasteiger partial charge in [-0.25, -0.2) is 0 Å². The Labute approximate surface area is 93.6 Å². The first-order chi connectivity index (χ1) is 6.88. The summed E-state index contributed by atoms with van der Waals surface area (Å²) in [5, 5.41) is 3.20. The summed E-state index contributed by atoms with van der Waals surface area (Å²) in [6, 6.07) is 0.353. The summed E-state index contributed by atoms with van der Waals surface area (Å²) in [6.07, 6.45) is 1.96. The number of hydrogen-bond acceptors (Lipinski definition) is 3. The van der Waals surface area contributed by atoms with E-state index in [2.05, 4.69) is 12.2 Å². The zero-order valence-electron chi connectivity index (χ0n) is 10.9. The normalized spacial score (nSPS) is 25.5. The van der Waals surface area contributed by atoms with E-state index in [0.717, 1.165) is 12.8 Å². The number of nitrogens with one attached hydrogen (secondary N) is 1. The summed E-state index contributed by atoms with van der Waals surface area (Å²) in [6.45, 7) is 11.8. The van der Waals surface area contributed by atoms with Gasteiger partial charge in [0.1, 0.15) is 11.6 Å². The Morgan fingerprint density at radius 1 is 1.27 bits per heavy atom. The van der Waals surface area contributed by atoms with Gasteiger partial charge >= 0.3 is 5.97 Å². The van der Waals surface area contributed by atoms with Crippen LogP contribution in [0, 0.1) is 0 Å². The molecule has 90 valence electrons. The number of ether oxygens (including phenoxy) is 1. The Morgan fingerprint density at radius 2 is 1.80 bits per heavy atom. The van der Waals surface area contributed by atoms with Gasteiger partial charge in [-0.2, -0.15) is 0 Å². The molecule has 0 aromatic rings. The average molecular weight is 215 g/mol. The van der Waals surface area contributed by atoms with E-state index in [1.165, 1.54) is 0 Å². The third kappa shape index (κ3) is 5.78. The van der Waals surface area contributed by atoms with E-state index in [4.69, 9.17) is 4.74 Å². The molecule has 1 rings (SSSR count). The first kappa shape index (κ1) is 14.4. The Kier molecular flexibility index (Phi) is 5.88. The van der Waals surface area contributed by atoms with E-state index >= 15 is 0 Å². The van der Waals surface area contributed by atoms with Crippen LogP contribution in [0.5, 0.6) is 0 Å². The minimum absolute atomic E-state index is 0.0887. The van der Waals surface area contributed by atoms with Gasteiger partial charge in [-0.15, -0.1) is 0 Å². The highest BCUT2D eigenvalue weighted by Gasteiger charge is 2.30. The molecule has 1 aliphatic rings. The molecule has 0 saturated carbocycles. The fraction of sp³-hybridized carbons (Fsp3) is 0.917. The van der Waals surface area contributed by atoms with Crippen LogP contribution in [0.3, 0.4) is 0 Å². The lowest BCUT2D eigenvalue weighted by molar-refractivity contribution is -0.157. The van der Waals surface area contributed by atoms with Gasteiger partial charge in [0, 0.05) is 6.04 Å². The van der Waals surface area contributed by atoms with Crippen molar-refractivity contribution in [1.82, 2.24) is 5.32 Å². The van der Waals surface area contributed by atoms with Gasteiger partial charge in [0.25, 0.3) is 0 Å². The number of rotatable bonds is 1. The molecular formula is C12H25NO2. The standard InChI is InChI=1S/C10H19NO2.C2H6/c1-7-5-6-8(11-7)9(12)13-10(2,3)4;1-2/h7-8,11H,5-6H2,1-4H3;1-2H3. The highest BCUT2D eigenvalue weighted by molar-refractivity contribution is 5.76. The number of carbonyl (C=O) groups is 1. The Morgan fingerprint density at radius 3 is 2.13 bits per heavy atom. The summed E-state index contributed by atoms with van der Waals surface area (Å²) in [5.74, 6) is -0.114. The SMILES string of the molecule is CC.CC1CCC(C(=O)OC(C)(C)C)N1. The fourth-order valence-corrected chi connectivity index (χ4v) is 1.49. The van der Waals surface area contributed by atoms with Crippen molar-refractivity contribution in [3.63, 3.8) is 0 Å². The lowest BCUT2D eigenvalue weighted by Crippen LogP contribution is -2.39. The largest absolute Gasteiger partial charge is 0.459 e. The van der Waals surface area contributed by atoms with Gasteiger partial charge in [0.15, 0.2) is 0 Å². The third-order valence-electron chi connectivity index (χ3n) is 2.07. The van der Waals surface area contributed by atoms with Crippen molar-refractivity contribution in [2.45, 2.75) is 72.1 Å². The Hall–Kier alpha value is -0.570. The van der Waals surface area contributed by atoms with E-state index in [1.807, 2.05) is 34.6 Å². The van der Waals surface area contributed by atoms with Crippen molar-refractivity contribution in [2.24, 2.45) is 0 Å². The van der Waals surface area contributed by atoms with Crippen LogP contribution in [0.1, 0.15) is 54.4 Å². The summed E-state index contributed by atoms with van der Waals surface area (Å²) in [7, 11) is 0. The van der Waals surface area contributed by atoms with E-state index in [-0.39, 0.29) is 17.6 Å². The smallest absolute Gasteiger partial charge is 0.323 e. The van der Waals surface area contributed by atoms with E-state index in [9.17, 15) is 4.79 Å². The molecule has 0 aliphatic carbocycles. The molecule has 1 heterocycles. The molecule has 0 aromatic carbocycles. The van der Waals surface area contributed by atoms with Gasteiger partial charge in [-0.3, -0.25) is 4.79 Å².